The van der Waals surface area contributed by atoms with Crippen molar-refractivity contribution in [3.05, 3.63) is 0 Å². The Balaban J connectivity index is 2.75. The van der Waals surface area contributed by atoms with Crippen LogP contribution >= 0.6 is 0 Å². The average Bonchev–Trinajstić information content (AvgIpc) is 2.17. The molecule has 0 aliphatic carbocycles. The van der Waals surface area contributed by atoms with E-state index in [4.69, 9.17) is 10.8 Å². The minimum Gasteiger partial charge on any atom is -0.390 e. The number of β-amino-alcohol motifs (C(OH)–C–C–N with tert-alkyl or cyclic N) is 1. The quantitative estimate of drug-likeness (QED) is 0.469. The molecule has 1 fully saturated rings. The van der Waals surface area contributed by atoms with Crippen LogP contribution in [-0.2, 0) is 4.79 Å². The average molecular weight is 158 g/mol. The smallest absolute Gasteiger partial charge is 0.321 e. The molecule has 0 spiro atoms. The van der Waals surface area contributed by atoms with Crippen molar-refractivity contribution < 1.29 is 14.7 Å². The molecule has 1 aliphatic heterocycles. The highest BCUT2D eigenvalue weighted by Crippen LogP contribution is 2.16. The topological polar surface area (TPSA) is 83.6 Å². The lowest BCUT2D eigenvalue weighted by atomic mass is 10.1. The van der Waals surface area contributed by atoms with E-state index in [2.05, 4.69) is 0 Å². The molecule has 11 heavy (non-hydrogen) atoms. The van der Waals surface area contributed by atoms with Gasteiger partial charge >= 0.3 is 6.03 Å². The van der Waals surface area contributed by atoms with Crippen molar-refractivity contribution in [1.29, 1.82) is 0 Å². The van der Waals surface area contributed by atoms with E-state index >= 15 is 0 Å². The van der Waals surface area contributed by atoms with Gasteiger partial charge in [-0.3, -0.25) is 9.69 Å². The van der Waals surface area contributed by atoms with Gasteiger partial charge in [-0.15, -0.1) is 0 Å². The van der Waals surface area contributed by atoms with E-state index in [0.29, 0.717) is 0 Å². The molecule has 2 atom stereocenters. The van der Waals surface area contributed by atoms with Gasteiger partial charge in [-0.05, 0) is 0 Å². The maximum Gasteiger partial charge on any atom is 0.321 e. The first-order valence-corrected chi connectivity index (χ1v) is 3.33. The third kappa shape index (κ3) is 1.19. The number of nitrogens with two attached hydrogens (primary N) is 1. The monoisotopic (exact) mass is 158 g/mol. The number of likely N-dealkylation sites (tertiary alicyclic amines) is 1. The summed E-state index contributed by atoms with van der Waals surface area (Å²) in [5.41, 5.74) is 4.87. The lowest BCUT2D eigenvalue weighted by Crippen LogP contribution is -2.37. The molecule has 0 saturated carbocycles. The van der Waals surface area contributed by atoms with Crippen molar-refractivity contribution >= 4 is 11.9 Å². The van der Waals surface area contributed by atoms with Crippen LogP contribution in [0.1, 0.15) is 6.92 Å². The summed E-state index contributed by atoms with van der Waals surface area (Å²) >= 11 is 0. The summed E-state index contributed by atoms with van der Waals surface area (Å²) in [7, 11) is 0. The normalized spacial score (nSPS) is 31.1. The molecule has 0 bridgehead atoms. The van der Waals surface area contributed by atoms with Crippen LogP contribution in [0.4, 0.5) is 4.79 Å². The first-order valence-electron chi connectivity index (χ1n) is 3.33. The van der Waals surface area contributed by atoms with E-state index in [9.17, 15) is 9.59 Å². The first kappa shape index (κ1) is 8.00. The number of rotatable bonds is 0. The third-order valence-corrected chi connectivity index (χ3v) is 1.87. The summed E-state index contributed by atoms with van der Waals surface area (Å²) in [5.74, 6) is -0.910. The van der Waals surface area contributed by atoms with Gasteiger partial charge in [0.25, 0.3) is 0 Å². The lowest BCUT2D eigenvalue weighted by Gasteiger charge is -2.08. The number of carbonyl (C=O) groups excluding carboxylic acids is 2. The second-order valence-electron chi connectivity index (χ2n) is 2.64. The molecule has 0 aromatic rings. The zero-order valence-corrected chi connectivity index (χ0v) is 6.15. The van der Waals surface area contributed by atoms with Crippen LogP contribution in [0.3, 0.4) is 0 Å². The molecule has 2 unspecified atom stereocenters. The molecule has 5 nitrogen and oxygen atoms in total. The molecule has 3 amide bonds. The number of aliphatic hydroxyl groups is 1. The van der Waals surface area contributed by atoms with Crippen LogP contribution in [0.2, 0.25) is 0 Å². The molecule has 0 aromatic carbocycles. The fraction of sp³-hybridized carbons (Fsp3) is 0.667. The molecule has 1 heterocycles. The number of carbonyl (C=O) groups is 2. The molecule has 62 valence electrons. The summed E-state index contributed by atoms with van der Waals surface area (Å²) in [4.78, 5) is 22.4. The highest BCUT2D eigenvalue weighted by atomic mass is 16.3. The third-order valence-electron chi connectivity index (χ3n) is 1.87. The minimum atomic E-state index is -0.793. The molecule has 5 heteroatoms. The van der Waals surface area contributed by atoms with Crippen molar-refractivity contribution in [3.63, 3.8) is 0 Å². The second kappa shape index (κ2) is 2.50. The molecule has 1 saturated heterocycles. The Morgan fingerprint density at radius 2 is 2.36 bits per heavy atom. The zero-order valence-electron chi connectivity index (χ0n) is 6.15. The SMILES string of the molecule is CC1C(=O)N(C(N)=O)CC1O. The van der Waals surface area contributed by atoms with Gasteiger partial charge in [-0.25, -0.2) is 4.79 Å². The molecule has 1 rings (SSSR count). The summed E-state index contributed by atoms with van der Waals surface area (Å²) in [6.07, 6.45) is -0.769. The van der Waals surface area contributed by atoms with E-state index in [-0.39, 0.29) is 6.54 Å². The van der Waals surface area contributed by atoms with Gasteiger partial charge in [0, 0.05) is 0 Å². The van der Waals surface area contributed by atoms with Gasteiger partial charge in [-0.2, -0.15) is 0 Å². The highest BCUT2D eigenvalue weighted by Gasteiger charge is 2.38. The Kier molecular flexibility index (Phi) is 1.82. The van der Waals surface area contributed by atoms with Gasteiger partial charge in [0.15, 0.2) is 0 Å². The first-order chi connectivity index (χ1) is 5.04. The Labute approximate surface area is 63.8 Å². The Morgan fingerprint density at radius 1 is 1.82 bits per heavy atom. The highest BCUT2D eigenvalue weighted by molar-refractivity contribution is 5.96. The van der Waals surface area contributed by atoms with E-state index in [1.54, 1.807) is 6.92 Å². The summed E-state index contributed by atoms with van der Waals surface area (Å²) in [5, 5.41) is 9.12. The molecular weight excluding hydrogens is 148 g/mol. The van der Waals surface area contributed by atoms with Crippen molar-refractivity contribution in [3.8, 4) is 0 Å². The van der Waals surface area contributed by atoms with Gasteiger partial charge in [0.2, 0.25) is 5.91 Å². The van der Waals surface area contributed by atoms with Crippen LogP contribution < -0.4 is 5.73 Å². The fourth-order valence-electron chi connectivity index (χ4n) is 1.04. The van der Waals surface area contributed by atoms with Gasteiger partial charge in [0.05, 0.1) is 18.6 Å². The van der Waals surface area contributed by atoms with Gasteiger partial charge < -0.3 is 10.8 Å². The second-order valence-corrected chi connectivity index (χ2v) is 2.64. The molecule has 3 N–H and O–H groups in total. The number of aliphatic hydroxyl groups excluding tert-OH is 1. The van der Waals surface area contributed by atoms with Crippen molar-refractivity contribution in [1.82, 2.24) is 4.90 Å². The Hall–Kier alpha value is -1.10. The number of hydrogen-bond acceptors (Lipinski definition) is 3. The lowest BCUT2D eigenvalue weighted by molar-refractivity contribution is -0.128. The zero-order chi connectivity index (χ0) is 8.59. The number of nitrogens with zero attached hydrogens (tertiary/aromatic N) is 1. The van der Waals surface area contributed by atoms with E-state index in [0.717, 1.165) is 4.90 Å². The standard InChI is InChI=1S/C6H10N2O3/c1-3-4(9)2-8(5(3)10)6(7)11/h3-4,9H,2H2,1H3,(H2,7,11). The summed E-state index contributed by atoms with van der Waals surface area (Å²) < 4.78 is 0. The number of amides is 3. The molecule has 0 radical (unpaired) electrons. The van der Waals surface area contributed by atoms with Gasteiger partial charge in [-0.1, -0.05) is 6.92 Å². The van der Waals surface area contributed by atoms with Crippen LogP contribution in [-0.4, -0.2) is 34.6 Å². The molecule has 1 aliphatic rings. The Morgan fingerprint density at radius 3 is 2.55 bits per heavy atom. The Bertz CT molecular complexity index is 204. The van der Waals surface area contributed by atoms with E-state index in [1.165, 1.54) is 0 Å². The van der Waals surface area contributed by atoms with Crippen molar-refractivity contribution in [2.24, 2.45) is 11.7 Å². The largest absolute Gasteiger partial charge is 0.390 e. The maximum atomic E-state index is 11.0. The minimum absolute atomic E-state index is 0.0231. The number of hydrogen-bond donors (Lipinski definition) is 2. The number of imide groups is 1. The summed E-state index contributed by atoms with van der Waals surface area (Å²) in [6, 6.07) is -0.793. The van der Waals surface area contributed by atoms with Gasteiger partial charge in [0.1, 0.15) is 0 Å². The van der Waals surface area contributed by atoms with E-state index < -0.39 is 24.0 Å². The van der Waals surface area contributed by atoms with Crippen LogP contribution in [0.5, 0.6) is 0 Å². The number of primary amides is 1. The van der Waals surface area contributed by atoms with Crippen LogP contribution in [0.25, 0.3) is 0 Å². The van der Waals surface area contributed by atoms with Crippen molar-refractivity contribution in [2.75, 3.05) is 6.54 Å². The predicted molar refractivity (Wildman–Crippen MR) is 36.5 cm³/mol. The predicted octanol–water partition coefficient (Wildman–Crippen LogP) is -1.10. The van der Waals surface area contributed by atoms with Crippen LogP contribution in [0, 0.1) is 5.92 Å². The van der Waals surface area contributed by atoms with Crippen LogP contribution in [0.15, 0.2) is 0 Å². The van der Waals surface area contributed by atoms with Crippen molar-refractivity contribution in [2.45, 2.75) is 13.0 Å². The summed E-state index contributed by atoms with van der Waals surface area (Å²) in [6.45, 7) is 1.59. The molecule has 0 aromatic heterocycles. The fourth-order valence-corrected chi connectivity index (χ4v) is 1.04. The maximum absolute atomic E-state index is 11.0. The molecular formula is C6H10N2O3. The number of urea groups is 1. The van der Waals surface area contributed by atoms with E-state index in [1.807, 2.05) is 0 Å².